The Morgan fingerprint density at radius 1 is 1.09 bits per heavy atom. The number of nitrogens with zero attached hydrogens (tertiary/aromatic N) is 4. The molecule has 2 heterocycles. The van der Waals surface area contributed by atoms with Gasteiger partial charge in [0.1, 0.15) is 5.82 Å². The van der Waals surface area contributed by atoms with Crippen molar-refractivity contribution in [1.29, 1.82) is 0 Å². The van der Waals surface area contributed by atoms with Crippen LogP contribution in [0.4, 0.5) is 21.6 Å². The molecule has 0 radical (unpaired) electrons. The molecule has 0 aliphatic carbocycles. The minimum absolute atomic E-state index is 0.220. The molecule has 3 rings (SSSR count). The van der Waals surface area contributed by atoms with Gasteiger partial charge in [0.05, 0.1) is 0 Å². The fraction of sp³-hybridized carbons (Fsp3) is 0.409. The normalized spacial score (nSPS) is 11.1. The van der Waals surface area contributed by atoms with Crippen LogP contribution in [-0.2, 0) is 6.42 Å². The number of hydrogen-bond acceptors (Lipinski definition) is 8. The fourth-order valence-corrected chi connectivity index (χ4v) is 4.29. The number of aromatic nitrogens is 4. The van der Waals surface area contributed by atoms with Gasteiger partial charge in [0.15, 0.2) is 10.3 Å². The van der Waals surface area contributed by atoms with E-state index in [1.165, 1.54) is 16.6 Å². The SMILES string of the molecule is CCNC(=O)Nc1ccc(Sc2nc(CC(C)C)nc(Nc3ncc(C(C)C)s3)n2)cc1. The number of thiazole rings is 1. The van der Waals surface area contributed by atoms with Crippen LogP contribution in [0.3, 0.4) is 0 Å². The van der Waals surface area contributed by atoms with E-state index in [1.54, 1.807) is 11.3 Å². The molecule has 0 fully saturated rings. The number of amides is 2. The lowest BCUT2D eigenvalue weighted by atomic mass is 10.1. The molecule has 10 heteroatoms. The van der Waals surface area contributed by atoms with E-state index in [4.69, 9.17) is 0 Å². The molecule has 0 saturated carbocycles. The van der Waals surface area contributed by atoms with Crippen LogP contribution in [0, 0.1) is 5.92 Å². The third-order valence-corrected chi connectivity index (χ3v) is 6.31. The molecule has 3 N–H and O–H groups in total. The van der Waals surface area contributed by atoms with Crippen LogP contribution in [-0.4, -0.2) is 32.5 Å². The van der Waals surface area contributed by atoms with Crippen molar-refractivity contribution < 1.29 is 4.79 Å². The van der Waals surface area contributed by atoms with Crippen LogP contribution in [0.5, 0.6) is 0 Å². The number of nitrogens with one attached hydrogen (secondary N) is 3. The second kappa shape index (κ2) is 11.2. The molecular weight excluding hydrogens is 442 g/mol. The molecule has 0 aliphatic heterocycles. The molecule has 0 aliphatic rings. The van der Waals surface area contributed by atoms with Gasteiger partial charge in [0, 0.05) is 34.6 Å². The van der Waals surface area contributed by atoms with Gasteiger partial charge in [0.2, 0.25) is 5.95 Å². The van der Waals surface area contributed by atoms with Gasteiger partial charge in [-0.2, -0.15) is 9.97 Å². The van der Waals surface area contributed by atoms with E-state index >= 15 is 0 Å². The smallest absolute Gasteiger partial charge is 0.319 e. The van der Waals surface area contributed by atoms with Crippen LogP contribution < -0.4 is 16.0 Å². The van der Waals surface area contributed by atoms with Gasteiger partial charge in [-0.05, 0) is 54.8 Å². The maximum atomic E-state index is 11.7. The second-order valence-electron chi connectivity index (χ2n) is 7.91. The lowest BCUT2D eigenvalue weighted by Crippen LogP contribution is -2.28. The predicted molar refractivity (Wildman–Crippen MR) is 131 cm³/mol. The Balaban J connectivity index is 1.77. The maximum Gasteiger partial charge on any atom is 0.319 e. The van der Waals surface area contributed by atoms with Crippen molar-refractivity contribution in [2.75, 3.05) is 17.2 Å². The van der Waals surface area contributed by atoms with E-state index in [2.05, 4.69) is 63.6 Å². The first-order chi connectivity index (χ1) is 15.3. The summed E-state index contributed by atoms with van der Waals surface area (Å²) in [6.45, 7) is 11.0. The summed E-state index contributed by atoms with van der Waals surface area (Å²) in [7, 11) is 0. The van der Waals surface area contributed by atoms with Gasteiger partial charge in [-0.25, -0.2) is 14.8 Å². The van der Waals surface area contributed by atoms with Gasteiger partial charge < -0.3 is 10.6 Å². The lowest BCUT2D eigenvalue weighted by molar-refractivity contribution is 0.252. The molecule has 0 atom stereocenters. The van der Waals surface area contributed by atoms with Crippen LogP contribution in [0.2, 0.25) is 0 Å². The first-order valence-corrected chi connectivity index (χ1v) is 12.3. The molecule has 0 bridgehead atoms. The summed E-state index contributed by atoms with van der Waals surface area (Å²) in [4.78, 5) is 32.1. The quantitative estimate of drug-likeness (QED) is 0.368. The molecule has 32 heavy (non-hydrogen) atoms. The van der Waals surface area contributed by atoms with Crippen molar-refractivity contribution in [3.05, 3.63) is 41.2 Å². The summed E-state index contributed by atoms with van der Waals surface area (Å²) in [6, 6.07) is 7.36. The van der Waals surface area contributed by atoms with Crippen LogP contribution in [0.1, 0.15) is 51.2 Å². The topological polar surface area (TPSA) is 105 Å². The molecule has 1 aromatic carbocycles. The third-order valence-electron chi connectivity index (χ3n) is 4.22. The fourth-order valence-electron chi connectivity index (χ4n) is 2.71. The van der Waals surface area contributed by atoms with E-state index in [1.807, 2.05) is 37.4 Å². The Bertz CT molecular complexity index is 1040. The Kier molecular flexibility index (Phi) is 8.40. The number of benzene rings is 1. The molecule has 0 spiro atoms. The zero-order valence-electron chi connectivity index (χ0n) is 19.0. The van der Waals surface area contributed by atoms with E-state index in [0.717, 1.165) is 28.0 Å². The maximum absolute atomic E-state index is 11.7. The van der Waals surface area contributed by atoms with Crippen LogP contribution in [0.15, 0.2) is 40.5 Å². The van der Waals surface area contributed by atoms with Gasteiger partial charge >= 0.3 is 6.03 Å². The summed E-state index contributed by atoms with van der Waals surface area (Å²) in [5.74, 6) is 2.09. The highest BCUT2D eigenvalue weighted by atomic mass is 32.2. The molecule has 0 saturated heterocycles. The lowest BCUT2D eigenvalue weighted by Gasteiger charge is -2.09. The van der Waals surface area contributed by atoms with Gasteiger partial charge in [-0.15, -0.1) is 11.3 Å². The molecule has 0 unspecified atom stereocenters. The Morgan fingerprint density at radius 2 is 1.84 bits per heavy atom. The minimum Gasteiger partial charge on any atom is -0.338 e. The number of urea groups is 1. The molecule has 8 nitrogen and oxygen atoms in total. The summed E-state index contributed by atoms with van der Waals surface area (Å²) < 4.78 is 0. The van der Waals surface area contributed by atoms with Crippen molar-refractivity contribution in [2.45, 2.75) is 57.0 Å². The number of rotatable bonds is 9. The van der Waals surface area contributed by atoms with Crippen LogP contribution in [0.25, 0.3) is 0 Å². The molecule has 3 aromatic rings. The Hall–Kier alpha value is -2.72. The average Bonchev–Trinajstić information content (AvgIpc) is 3.18. The highest BCUT2D eigenvalue weighted by Gasteiger charge is 2.12. The number of carbonyl (C=O) groups excluding carboxylic acids is 1. The summed E-state index contributed by atoms with van der Waals surface area (Å²) in [6.07, 6.45) is 2.65. The van der Waals surface area contributed by atoms with E-state index in [0.29, 0.717) is 29.5 Å². The van der Waals surface area contributed by atoms with E-state index in [-0.39, 0.29) is 6.03 Å². The van der Waals surface area contributed by atoms with Crippen molar-refractivity contribution in [2.24, 2.45) is 5.92 Å². The number of anilines is 3. The number of hydrogen-bond donors (Lipinski definition) is 3. The zero-order valence-corrected chi connectivity index (χ0v) is 20.6. The molecular formula is C22H29N7OS2. The first-order valence-electron chi connectivity index (χ1n) is 10.6. The number of carbonyl (C=O) groups is 1. The highest BCUT2D eigenvalue weighted by Crippen LogP contribution is 2.29. The molecule has 2 amide bonds. The highest BCUT2D eigenvalue weighted by molar-refractivity contribution is 7.99. The van der Waals surface area contributed by atoms with E-state index < -0.39 is 0 Å². The Morgan fingerprint density at radius 3 is 2.47 bits per heavy atom. The van der Waals surface area contributed by atoms with Crippen LogP contribution >= 0.6 is 23.1 Å². The molecule has 170 valence electrons. The molecule has 2 aromatic heterocycles. The summed E-state index contributed by atoms with van der Waals surface area (Å²) in [5, 5.41) is 10.1. The summed E-state index contributed by atoms with van der Waals surface area (Å²) in [5.41, 5.74) is 0.725. The van der Waals surface area contributed by atoms with Gasteiger partial charge in [0.25, 0.3) is 0 Å². The van der Waals surface area contributed by atoms with Crippen molar-refractivity contribution in [3.63, 3.8) is 0 Å². The van der Waals surface area contributed by atoms with Gasteiger partial charge in [-0.1, -0.05) is 27.7 Å². The predicted octanol–water partition coefficient (Wildman–Crippen LogP) is 5.69. The average molecular weight is 472 g/mol. The second-order valence-corrected chi connectivity index (χ2v) is 10.0. The minimum atomic E-state index is -0.220. The zero-order chi connectivity index (χ0) is 23.1. The van der Waals surface area contributed by atoms with Crippen molar-refractivity contribution in [3.8, 4) is 0 Å². The standard InChI is InChI=1S/C22H29N7OS2/c1-6-23-20(30)25-15-7-9-16(10-8-15)31-22-27-18(11-13(2)3)26-19(29-22)28-21-24-12-17(32-21)14(4)5/h7-10,12-14H,6,11H2,1-5H3,(H2,23,25,30)(H,24,26,27,28,29). The monoisotopic (exact) mass is 471 g/mol. The van der Waals surface area contributed by atoms with E-state index in [9.17, 15) is 4.79 Å². The van der Waals surface area contributed by atoms with Crippen molar-refractivity contribution >= 4 is 45.9 Å². The first kappa shape index (κ1) is 23.9. The van der Waals surface area contributed by atoms with Crippen molar-refractivity contribution in [1.82, 2.24) is 25.3 Å². The summed E-state index contributed by atoms with van der Waals surface area (Å²) >= 11 is 3.06. The Labute approximate surface area is 197 Å². The third kappa shape index (κ3) is 7.16. The largest absolute Gasteiger partial charge is 0.338 e. The van der Waals surface area contributed by atoms with Gasteiger partial charge in [-0.3, -0.25) is 5.32 Å².